The van der Waals surface area contributed by atoms with E-state index in [0.29, 0.717) is 11.3 Å². The van der Waals surface area contributed by atoms with Crippen molar-refractivity contribution in [3.05, 3.63) is 60.1 Å². The van der Waals surface area contributed by atoms with E-state index >= 15 is 0 Å². The third-order valence-corrected chi connectivity index (χ3v) is 4.58. The number of alkyl halides is 2. The molecule has 0 fully saturated rings. The smallest absolute Gasteiger partial charge is 0.314 e. The van der Waals surface area contributed by atoms with E-state index in [9.17, 15) is 17.2 Å². The second-order valence-electron chi connectivity index (χ2n) is 5.40. The first-order valence-electron chi connectivity index (χ1n) is 7.44. The molecular weight excluding hydrogens is 366 g/mol. The first kappa shape index (κ1) is 17.9. The summed E-state index contributed by atoms with van der Waals surface area (Å²) in [7, 11) is -3.50. The van der Waals surface area contributed by atoms with Gasteiger partial charge in [0, 0.05) is 6.20 Å². The van der Waals surface area contributed by atoms with Gasteiger partial charge in [-0.15, -0.1) is 10.2 Å². The zero-order valence-electron chi connectivity index (χ0n) is 13.6. The third-order valence-electron chi connectivity index (χ3n) is 3.44. The Morgan fingerprint density at radius 3 is 2.38 bits per heavy atom. The van der Waals surface area contributed by atoms with Crippen molar-refractivity contribution in [1.29, 1.82) is 0 Å². The summed E-state index contributed by atoms with van der Waals surface area (Å²) in [6, 6.07) is 11.8. The van der Waals surface area contributed by atoms with Crippen molar-refractivity contribution in [3.63, 3.8) is 0 Å². The molecule has 3 rings (SSSR count). The van der Waals surface area contributed by atoms with Gasteiger partial charge in [0.1, 0.15) is 5.69 Å². The van der Waals surface area contributed by atoms with Gasteiger partial charge in [-0.1, -0.05) is 24.3 Å². The van der Waals surface area contributed by atoms with Crippen molar-refractivity contribution in [1.82, 2.24) is 15.2 Å². The molecule has 136 valence electrons. The number of aromatic nitrogens is 3. The average Bonchev–Trinajstić information content (AvgIpc) is 3.10. The molecule has 0 aliphatic heterocycles. The molecule has 1 aromatic carbocycles. The quantitative estimate of drug-likeness (QED) is 0.653. The van der Waals surface area contributed by atoms with Crippen LogP contribution in [0, 0.1) is 0 Å². The predicted molar refractivity (Wildman–Crippen MR) is 90.0 cm³/mol. The molecular formula is C16H14F2N4O3S. The Labute approximate surface area is 148 Å². The van der Waals surface area contributed by atoms with Crippen LogP contribution in [-0.4, -0.2) is 29.9 Å². The maximum Gasteiger partial charge on any atom is 0.314 e. The normalized spacial score (nSPS) is 11.7. The summed E-state index contributed by atoms with van der Waals surface area (Å²) in [5.74, 6) is -0.909. The van der Waals surface area contributed by atoms with Crippen molar-refractivity contribution in [2.24, 2.45) is 0 Å². The van der Waals surface area contributed by atoms with Crippen LogP contribution in [0.2, 0.25) is 0 Å². The minimum Gasteiger partial charge on any atom is -0.414 e. The third kappa shape index (κ3) is 4.02. The lowest BCUT2D eigenvalue weighted by atomic mass is 10.2. The summed E-state index contributed by atoms with van der Waals surface area (Å²) in [4.78, 5) is 4.09. The topological polar surface area (TPSA) is 89.2 Å². The molecule has 0 radical (unpaired) electrons. The van der Waals surface area contributed by atoms with Gasteiger partial charge in [0.2, 0.25) is 10.0 Å². The lowest BCUT2D eigenvalue weighted by molar-refractivity contribution is 0.116. The molecule has 0 saturated heterocycles. The minimum absolute atomic E-state index is 0.0717. The van der Waals surface area contributed by atoms with E-state index < -0.39 is 22.3 Å². The fourth-order valence-electron chi connectivity index (χ4n) is 2.23. The van der Waals surface area contributed by atoms with E-state index in [0.717, 1.165) is 6.26 Å². The molecule has 26 heavy (non-hydrogen) atoms. The zero-order chi connectivity index (χ0) is 18.7. The molecule has 7 nitrogen and oxygen atoms in total. The Hall–Kier alpha value is -2.88. The highest BCUT2D eigenvalue weighted by Crippen LogP contribution is 2.23. The average molecular weight is 380 g/mol. The maximum atomic E-state index is 12.5. The summed E-state index contributed by atoms with van der Waals surface area (Å²) < 4.78 is 55.3. The van der Waals surface area contributed by atoms with E-state index in [1.807, 2.05) is 0 Å². The summed E-state index contributed by atoms with van der Waals surface area (Å²) in [5.41, 5.74) is 1.35. The van der Waals surface area contributed by atoms with Crippen molar-refractivity contribution in [2.45, 2.75) is 13.0 Å². The fourth-order valence-corrected chi connectivity index (χ4v) is 3.12. The number of para-hydroxylation sites is 1. The lowest BCUT2D eigenvalue weighted by Crippen LogP contribution is -2.29. The molecule has 10 heteroatoms. The highest BCUT2D eigenvalue weighted by molar-refractivity contribution is 7.92. The Balaban J connectivity index is 1.83. The molecule has 0 aliphatic rings. The number of sulfonamides is 1. The minimum atomic E-state index is -3.50. The van der Waals surface area contributed by atoms with Crippen LogP contribution >= 0.6 is 0 Å². The monoisotopic (exact) mass is 380 g/mol. The van der Waals surface area contributed by atoms with E-state index in [1.165, 1.54) is 16.6 Å². The number of pyridine rings is 1. The number of benzene rings is 1. The predicted octanol–water partition coefficient (Wildman–Crippen LogP) is 3.04. The molecule has 0 saturated carbocycles. The molecule has 0 amide bonds. The fraction of sp³-hybridized carbons (Fsp3) is 0.188. The van der Waals surface area contributed by atoms with E-state index in [-0.39, 0.29) is 18.1 Å². The second-order valence-corrected chi connectivity index (χ2v) is 7.31. The van der Waals surface area contributed by atoms with Gasteiger partial charge in [-0.3, -0.25) is 9.29 Å². The van der Waals surface area contributed by atoms with E-state index in [4.69, 9.17) is 4.42 Å². The molecule has 2 aromatic heterocycles. The molecule has 2 heterocycles. The van der Waals surface area contributed by atoms with Crippen LogP contribution in [0.5, 0.6) is 0 Å². The molecule has 0 N–H and O–H groups in total. The van der Waals surface area contributed by atoms with Crippen LogP contribution in [-0.2, 0) is 16.6 Å². The number of anilines is 1. The molecule has 0 spiro atoms. The highest BCUT2D eigenvalue weighted by atomic mass is 32.2. The van der Waals surface area contributed by atoms with Crippen LogP contribution in [0.15, 0.2) is 53.1 Å². The maximum absolute atomic E-state index is 12.5. The number of rotatable bonds is 6. The van der Waals surface area contributed by atoms with Crippen molar-refractivity contribution >= 4 is 15.7 Å². The second kappa shape index (κ2) is 7.16. The Bertz CT molecular complexity index is 976. The molecule has 0 bridgehead atoms. The Morgan fingerprint density at radius 1 is 1.12 bits per heavy atom. The van der Waals surface area contributed by atoms with Gasteiger partial charge in [0.25, 0.3) is 11.8 Å². The van der Waals surface area contributed by atoms with E-state index in [2.05, 4.69) is 15.2 Å². The highest BCUT2D eigenvalue weighted by Gasteiger charge is 2.19. The molecule has 3 aromatic rings. The van der Waals surface area contributed by atoms with Crippen LogP contribution in [0.25, 0.3) is 11.6 Å². The van der Waals surface area contributed by atoms with Crippen LogP contribution in [0.1, 0.15) is 17.9 Å². The number of nitrogens with zero attached hydrogens (tertiary/aromatic N) is 4. The number of halogens is 2. The van der Waals surface area contributed by atoms with Gasteiger partial charge >= 0.3 is 6.43 Å². The summed E-state index contributed by atoms with van der Waals surface area (Å²) in [6.45, 7) is 0.0717. The van der Waals surface area contributed by atoms with Gasteiger partial charge in [-0.2, -0.15) is 8.78 Å². The lowest BCUT2D eigenvalue weighted by Gasteiger charge is -2.22. The van der Waals surface area contributed by atoms with Crippen molar-refractivity contribution in [2.75, 3.05) is 10.6 Å². The SMILES string of the molecule is CS(=O)(=O)N(Cc1ccc(-c2nnc(C(F)F)o2)nc1)c1ccccc1. The van der Waals surface area contributed by atoms with Gasteiger partial charge in [0.15, 0.2) is 0 Å². The van der Waals surface area contributed by atoms with Crippen molar-refractivity contribution in [3.8, 4) is 11.6 Å². The Kier molecular flexibility index (Phi) is 4.94. The van der Waals surface area contributed by atoms with Gasteiger partial charge in [0.05, 0.1) is 18.5 Å². The Morgan fingerprint density at radius 2 is 1.85 bits per heavy atom. The van der Waals surface area contributed by atoms with Crippen molar-refractivity contribution < 1.29 is 21.6 Å². The molecule has 0 atom stereocenters. The van der Waals surface area contributed by atoms with Gasteiger partial charge in [-0.05, 0) is 23.8 Å². The summed E-state index contributed by atoms with van der Waals surface area (Å²) >= 11 is 0. The first-order valence-corrected chi connectivity index (χ1v) is 9.29. The summed E-state index contributed by atoms with van der Waals surface area (Å²) in [6.07, 6.45) is -0.306. The largest absolute Gasteiger partial charge is 0.414 e. The molecule has 0 unspecified atom stereocenters. The zero-order valence-corrected chi connectivity index (χ0v) is 14.4. The summed E-state index contributed by atoms with van der Waals surface area (Å²) in [5, 5.41) is 6.76. The van der Waals surface area contributed by atoms with Crippen LogP contribution < -0.4 is 4.31 Å². The number of hydrogen-bond acceptors (Lipinski definition) is 6. The van der Waals surface area contributed by atoms with Gasteiger partial charge < -0.3 is 4.42 Å². The van der Waals surface area contributed by atoms with Gasteiger partial charge in [-0.25, -0.2) is 8.42 Å². The standard InChI is InChI=1S/C16H14F2N4O3S/c1-26(23,24)22(12-5-3-2-4-6-12)10-11-7-8-13(19-9-11)15-20-21-16(25-15)14(17)18/h2-9,14H,10H2,1H3. The number of hydrogen-bond donors (Lipinski definition) is 0. The first-order chi connectivity index (χ1) is 12.3. The van der Waals surface area contributed by atoms with E-state index in [1.54, 1.807) is 36.4 Å². The molecule has 0 aliphatic carbocycles. The van der Waals surface area contributed by atoms with Crippen LogP contribution in [0.3, 0.4) is 0 Å². The van der Waals surface area contributed by atoms with Crippen LogP contribution in [0.4, 0.5) is 14.5 Å².